The Morgan fingerprint density at radius 1 is 1.36 bits per heavy atom. The predicted octanol–water partition coefficient (Wildman–Crippen LogP) is 1.03. The van der Waals surface area contributed by atoms with Crippen molar-refractivity contribution in [2.75, 3.05) is 26.9 Å². The summed E-state index contributed by atoms with van der Waals surface area (Å²) in [6.07, 6.45) is -0.159. The molecule has 0 atom stereocenters. The molecule has 0 bridgehead atoms. The summed E-state index contributed by atoms with van der Waals surface area (Å²) in [5.74, 6) is 0. The van der Waals surface area contributed by atoms with E-state index in [-0.39, 0.29) is 11.7 Å². The van der Waals surface area contributed by atoms with E-state index in [1.165, 1.54) is 0 Å². The summed E-state index contributed by atoms with van der Waals surface area (Å²) in [6.45, 7) is 6.27. The van der Waals surface area contributed by atoms with Crippen LogP contribution in [0.1, 0.15) is 13.8 Å². The van der Waals surface area contributed by atoms with Gasteiger partial charge in [-0.15, -0.1) is 0 Å². The molecule has 0 amide bonds. The second-order valence-corrected chi connectivity index (χ2v) is 3.67. The summed E-state index contributed by atoms with van der Waals surface area (Å²) < 4.78 is 15.7. The first-order chi connectivity index (χ1) is 5.14. The Balaban J connectivity index is 2.25. The number of methoxy groups -OCH3 is 1. The molecule has 0 N–H and O–H groups in total. The van der Waals surface area contributed by atoms with Crippen molar-refractivity contribution in [1.82, 2.24) is 0 Å². The van der Waals surface area contributed by atoms with Crippen LogP contribution in [0.3, 0.4) is 0 Å². The Kier molecular flexibility index (Phi) is 2.87. The van der Waals surface area contributed by atoms with Crippen LogP contribution in [0.4, 0.5) is 0 Å². The minimum absolute atomic E-state index is 0.157. The lowest BCUT2D eigenvalue weighted by atomic mass is 9.96. The highest BCUT2D eigenvalue weighted by atomic mass is 16.7. The number of rotatable bonds is 2. The highest BCUT2D eigenvalue weighted by Crippen LogP contribution is 2.22. The fourth-order valence-electron chi connectivity index (χ4n) is 0.959. The summed E-state index contributed by atoms with van der Waals surface area (Å²) in [7, 11) is 1.65. The number of hydrogen-bond donors (Lipinski definition) is 0. The van der Waals surface area contributed by atoms with Gasteiger partial charge >= 0.3 is 0 Å². The summed E-state index contributed by atoms with van der Waals surface area (Å²) >= 11 is 0. The lowest BCUT2D eigenvalue weighted by Crippen LogP contribution is -2.39. The highest BCUT2D eigenvalue weighted by molar-refractivity contribution is 4.70. The molecule has 0 aliphatic carbocycles. The van der Waals surface area contributed by atoms with E-state index in [0.29, 0.717) is 6.61 Å². The van der Waals surface area contributed by atoms with Crippen LogP contribution in [0.15, 0.2) is 0 Å². The van der Waals surface area contributed by atoms with Gasteiger partial charge in [-0.3, -0.25) is 0 Å². The maximum Gasteiger partial charge on any atom is 0.180 e. The molecule has 66 valence electrons. The van der Waals surface area contributed by atoms with Gasteiger partial charge in [-0.05, 0) is 0 Å². The van der Waals surface area contributed by atoms with Crippen molar-refractivity contribution in [1.29, 1.82) is 0 Å². The van der Waals surface area contributed by atoms with Crippen LogP contribution in [0.25, 0.3) is 0 Å². The molecule has 0 saturated carbocycles. The summed E-state index contributed by atoms with van der Waals surface area (Å²) in [5.41, 5.74) is 0.157. The fraction of sp³-hybridized carbons (Fsp3) is 1.00. The zero-order chi connectivity index (χ0) is 8.32. The summed E-state index contributed by atoms with van der Waals surface area (Å²) in [5, 5.41) is 0. The van der Waals surface area contributed by atoms with Gasteiger partial charge in [-0.1, -0.05) is 13.8 Å². The zero-order valence-corrected chi connectivity index (χ0v) is 7.42. The molecule has 1 saturated heterocycles. The summed E-state index contributed by atoms with van der Waals surface area (Å²) in [6, 6.07) is 0. The molecule has 0 radical (unpaired) electrons. The van der Waals surface area contributed by atoms with E-state index >= 15 is 0 Å². The maximum absolute atomic E-state index is 5.39. The van der Waals surface area contributed by atoms with Crippen molar-refractivity contribution in [3.05, 3.63) is 0 Å². The third-order valence-corrected chi connectivity index (χ3v) is 1.62. The second kappa shape index (κ2) is 3.52. The largest absolute Gasteiger partial charge is 0.379 e. The molecular weight excluding hydrogens is 144 g/mol. The average molecular weight is 160 g/mol. The molecule has 0 unspecified atom stereocenters. The minimum Gasteiger partial charge on any atom is -0.379 e. The molecule has 3 nitrogen and oxygen atoms in total. The first-order valence-electron chi connectivity index (χ1n) is 3.86. The standard InChI is InChI=1S/C8H16O3/c1-8(2)5-10-7(4-9-3)11-6-8/h7H,4-6H2,1-3H3. The molecule has 0 aromatic heterocycles. The van der Waals surface area contributed by atoms with Gasteiger partial charge < -0.3 is 14.2 Å². The van der Waals surface area contributed by atoms with E-state index in [0.717, 1.165) is 13.2 Å². The zero-order valence-electron chi connectivity index (χ0n) is 7.42. The Bertz CT molecular complexity index is 113. The monoisotopic (exact) mass is 160 g/mol. The Morgan fingerprint density at radius 2 is 1.91 bits per heavy atom. The molecule has 0 aromatic rings. The molecule has 1 aliphatic rings. The van der Waals surface area contributed by atoms with Crippen molar-refractivity contribution in [3.63, 3.8) is 0 Å². The van der Waals surface area contributed by atoms with Gasteiger partial charge in [-0.25, -0.2) is 0 Å². The topological polar surface area (TPSA) is 27.7 Å². The Hall–Kier alpha value is -0.120. The van der Waals surface area contributed by atoms with Gasteiger partial charge in [0, 0.05) is 12.5 Å². The third kappa shape index (κ3) is 2.77. The number of hydrogen-bond acceptors (Lipinski definition) is 3. The second-order valence-electron chi connectivity index (χ2n) is 3.67. The average Bonchev–Trinajstić information content (AvgIpc) is 1.94. The molecule has 1 fully saturated rings. The van der Waals surface area contributed by atoms with Crippen LogP contribution in [0.5, 0.6) is 0 Å². The van der Waals surface area contributed by atoms with Crippen molar-refractivity contribution in [3.8, 4) is 0 Å². The van der Waals surface area contributed by atoms with Crippen LogP contribution in [-0.2, 0) is 14.2 Å². The molecule has 1 aliphatic heterocycles. The quantitative estimate of drug-likeness (QED) is 0.604. The Labute approximate surface area is 67.6 Å². The van der Waals surface area contributed by atoms with Gasteiger partial charge in [0.15, 0.2) is 6.29 Å². The van der Waals surface area contributed by atoms with E-state index in [1.807, 2.05) is 0 Å². The number of ether oxygens (including phenoxy) is 3. The van der Waals surface area contributed by atoms with Gasteiger partial charge in [0.25, 0.3) is 0 Å². The van der Waals surface area contributed by atoms with Crippen molar-refractivity contribution in [2.45, 2.75) is 20.1 Å². The van der Waals surface area contributed by atoms with E-state index in [1.54, 1.807) is 7.11 Å². The lowest BCUT2D eigenvalue weighted by Gasteiger charge is -2.34. The SMILES string of the molecule is COCC1OCC(C)(C)CO1. The molecular formula is C8H16O3. The maximum atomic E-state index is 5.39. The van der Waals surface area contributed by atoms with Crippen molar-refractivity contribution >= 4 is 0 Å². The molecule has 1 heterocycles. The highest BCUT2D eigenvalue weighted by Gasteiger charge is 2.27. The van der Waals surface area contributed by atoms with E-state index < -0.39 is 0 Å². The van der Waals surface area contributed by atoms with Crippen LogP contribution >= 0.6 is 0 Å². The van der Waals surface area contributed by atoms with Crippen LogP contribution in [-0.4, -0.2) is 33.2 Å². The van der Waals surface area contributed by atoms with Crippen LogP contribution in [0, 0.1) is 5.41 Å². The fourth-order valence-corrected chi connectivity index (χ4v) is 0.959. The van der Waals surface area contributed by atoms with Gasteiger partial charge in [0.1, 0.15) is 0 Å². The molecule has 1 rings (SSSR count). The minimum atomic E-state index is -0.159. The summed E-state index contributed by atoms with van der Waals surface area (Å²) in [4.78, 5) is 0. The molecule has 11 heavy (non-hydrogen) atoms. The van der Waals surface area contributed by atoms with Crippen LogP contribution in [0.2, 0.25) is 0 Å². The van der Waals surface area contributed by atoms with Crippen molar-refractivity contribution in [2.24, 2.45) is 5.41 Å². The van der Waals surface area contributed by atoms with E-state index in [9.17, 15) is 0 Å². The molecule has 0 aromatic carbocycles. The molecule has 0 spiro atoms. The van der Waals surface area contributed by atoms with Gasteiger partial charge in [0.05, 0.1) is 19.8 Å². The lowest BCUT2D eigenvalue weighted by molar-refractivity contribution is -0.236. The Morgan fingerprint density at radius 3 is 2.36 bits per heavy atom. The van der Waals surface area contributed by atoms with Gasteiger partial charge in [-0.2, -0.15) is 0 Å². The third-order valence-electron chi connectivity index (χ3n) is 1.62. The smallest absolute Gasteiger partial charge is 0.180 e. The van der Waals surface area contributed by atoms with Gasteiger partial charge in [0.2, 0.25) is 0 Å². The normalized spacial score (nSPS) is 25.4. The van der Waals surface area contributed by atoms with Crippen LogP contribution < -0.4 is 0 Å². The molecule has 3 heteroatoms. The van der Waals surface area contributed by atoms with E-state index in [2.05, 4.69) is 13.8 Å². The first-order valence-corrected chi connectivity index (χ1v) is 3.86. The first kappa shape index (κ1) is 8.97. The van der Waals surface area contributed by atoms with E-state index in [4.69, 9.17) is 14.2 Å². The van der Waals surface area contributed by atoms with Crippen molar-refractivity contribution < 1.29 is 14.2 Å². The predicted molar refractivity (Wildman–Crippen MR) is 41.3 cm³/mol.